The van der Waals surface area contributed by atoms with Crippen molar-refractivity contribution in [1.29, 1.82) is 0 Å². The van der Waals surface area contributed by atoms with E-state index in [0.29, 0.717) is 11.3 Å². The molecule has 0 spiro atoms. The molecule has 4 nitrogen and oxygen atoms in total. The monoisotopic (exact) mass is 351 g/mol. The van der Waals surface area contributed by atoms with E-state index in [4.69, 9.17) is 5.11 Å². The van der Waals surface area contributed by atoms with E-state index in [9.17, 15) is 14.0 Å². The molecule has 6 heteroatoms. The maximum atomic E-state index is 13.4. The Hall–Kier alpha value is -2.21. The molecule has 0 atom stereocenters. The van der Waals surface area contributed by atoms with Gasteiger partial charge in [0.15, 0.2) is 0 Å². The smallest absolute Gasteiger partial charge is 0.335 e. The maximum absolute atomic E-state index is 13.4. The van der Waals surface area contributed by atoms with Crippen molar-refractivity contribution in [1.82, 2.24) is 0 Å². The number of amides is 1. The van der Waals surface area contributed by atoms with Gasteiger partial charge in [0.05, 0.1) is 15.6 Å². The number of hydrogen-bond acceptors (Lipinski definition) is 2. The Morgan fingerprint density at radius 2 is 1.95 bits per heavy atom. The molecule has 0 unspecified atom stereocenters. The Balaban J connectivity index is 2.33. The number of rotatable bonds is 3. The van der Waals surface area contributed by atoms with Crippen molar-refractivity contribution in [3.8, 4) is 0 Å². The van der Waals surface area contributed by atoms with Crippen LogP contribution in [0.2, 0.25) is 0 Å². The highest BCUT2D eigenvalue weighted by molar-refractivity contribution is 9.10. The normalized spacial score (nSPS) is 10.2. The summed E-state index contributed by atoms with van der Waals surface area (Å²) in [5, 5.41) is 11.6. The number of aryl methyl sites for hydroxylation is 1. The summed E-state index contributed by atoms with van der Waals surface area (Å²) in [6.07, 6.45) is 0. The second kappa shape index (κ2) is 6.05. The van der Waals surface area contributed by atoms with Gasteiger partial charge in [-0.2, -0.15) is 0 Å². The van der Waals surface area contributed by atoms with Gasteiger partial charge in [0.2, 0.25) is 0 Å². The highest BCUT2D eigenvalue weighted by atomic mass is 79.9. The Morgan fingerprint density at radius 3 is 2.62 bits per heavy atom. The second-order valence-corrected chi connectivity index (χ2v) is 5.18. The van der Waals surface area contributed by atoms with E-state index < -0.39 is 17.7 Å². The summed E-state index contributed by atoms with van der Waals surface area (Å²) in [5.74, 6) is -2.15. The molecule has 0 saturated heterocycles. The molecular weight excluding hydrogens is 341 g/mol. The molecule has 0 aromatic heterocycles. The standard InChI is InChI=1S/C15H11BrFNO3/c1-8-5-6-9(15(20)21)7-12(8)18-14(19)10-3-2-4-11(17)13(10)16/h2-7H,1H3,(H,18,19)(H,20,21). The Kier molecular flexibility index (Phi) is 4.37. The summed E-state index contributed by atoms with van der Waals surface area (Å²) in [6, 6.07) is 8.54. The lowest BCUT2D eigenvalue weighted by Crippen LogP contribution is -2.14. The lowest BCUT2D eigenvalue weighted by molar-refractivity contribution is 0.0696. The number of aromatic carboxylic acids is 1. The molecule has 0 aliphatic carbocycles. The van der Waals surface area contributed by atoms with Crippen molar-refractivity contribution in [2.24, 2.45) is 0 Å². The average Bonchev–Trinajstić information content (AvgIpc) is 2.43. The molecular formula is C15H11BrFNO3. The second-order valence-electron chi connectivity index (χ2n) is 4.39. The van der Waals surface area contributed by atoms with E-state index in [1.54, 1.807) is 13.0 Å². The molecule has 2 N–H and O–H groups in total. The summed E-state index contributed by atoms with van der Waals surface area (Å²) in [6.45, 7) is 1.74. The molecule has 0 bridgehead atoms. The summed E-state index contributed by atoms with van der Waals surface area (Å²) < 4.78 is 13.5. The van der Waals surface area contributed by atoms with E-state index >= 15 is 0 Å². The third-order valence-corrected chi connectivity index (χ3v) is 3.73. The average molecular weight is 352 g/mol. The fourth-order valence-corrected chi connectivity index (χ4v) is 2.20. The molecule has 1 amide bonds. The van der Waals surface area contributed by atoms with Crippen molar-refractivity contribution in [2.75, 3.05) is 5.32 Å². The van der Waals surface area contributed by atoms with E-state index in [1.807, 2.05) is 0 Å². The van der Waals surface area contributed by atoms with Crippen LogP contribution in [0.25, 0.3) is 0 Å². The van der Waals surface area contributed by atoms with Gasteiger partial charge in [-0.15, -0.1) is 0 Å². The van der Waals surface area contributed by atoms with Gasteiger partial charge in [0.1, 0.15) is 5.82 Å². The fraction of sp³-hybridized carbons (Fsp3) is 0.0667. The molecule has 0 aliphatic heterocycles. The van der Waals surface area contributed by atoms with Crippen molar-refractivity contribution < 1.29 is 19.1 Å². The van der Waals surface area contributed by atoms with Crippen molar-refractivity contribution in [3.05, 3.63) is 63.4 Å². The molecule has 0 radical (unpaired) electrons. The number of anilines is 1. The zero-order valence-corrected chi connectivity index (χ0v) is 12.6. The summed E-state index contributed by atoms with van der Waals surface area (Å²) in [5.41, 5.74) is 1.28. The Bertz CT molecular complexity index is 731. The lowest BCUT2D eigenvalue weighted by Gasteiger charge is -2.10. The summed E-state index contributed by atoms with van der Waals surface area (Å²) >= 11 is 3.02. The zero-order chi connectivity index (χ0) is 15.6. The van der Waals surface area contributed by atoms with Crippen molar-refractivity contribution in [3.63, 3.8) is 0 Å². The van der Waals surface area contributed by atoms with Crippen LogP contribution in [0.5, 0.6) is 0 Å². The van der Waals surface area contributed by atoms with E-state index in [1.165, 1.54) is 30.3 Å². The van der Waals surface area contributed by atoms with Crippen LogP contribution in [0.15, 0.2) is 40.9 Å². The molecule has 108 valence electrons. The number of hydrogen-bond donors (Lipinski definition) is 2. The van der Waals surface area contributed by atoms with Gasteiger partial charge in [-0.05, 0) is 52.7 Å². The summed E-state index contributed by atoms with van der Waals surface area (Å²) in [7, 11) is 0. The lowest BCUT2D eigenvalue weighted by atomic mass is 10.1. The molecule has 0 fully saturated rings. The highest BCUT2D eigenvalue weighted by Crippen LogP contribution is 2.23. The van der Waals surface area contributed by atoms with E-state index in [2.05, 4.69) is 21.2 Å². The van der Waals surface area contributed by atoms with Gasteiger partial charge >= 0.3 is 5.97 Å². The molecule has 0 aliphatic rings. The maximum Gasteiger partial charge on any atom is 0.335 e. The number of carbonyl (C=O) groups is 2. The number of benzene rings is 2. The van der Waals surface area contributed by atoms with E-state index in [0.717, 1.165) is 0 Å². The van der Waals surface area contributed by atoms with Crippen LogP contribution in [0, 0.1) is 12.7 Å². The first-order valence-electron chi connectivity index (χ1n) is 5.99. The Morgan fingerprint density at radius 1 is 1.24 bits per heavy atom. The van der Waals surface area contributed by atoms with Crippen molar-refractivity contribution in [2.45, 2.75) is 6.92 Å². The number of carboxylic acid groups (broad SMARTS) is 1. The van der Waals surface area contributed by atoms with Crippen LogP contribution in [-0.4, -0.2) is 17.0 Å². The molecule has 2 rings (SSSR count). The van der Waals surface area contributed by atoms with Gasteiger partial charge in [-0.1, -0.05) is 12.1 Å². The highest BCUT2D eigenvalue weighted by Gasteiger charge is 2.15. The van der Waals surface area contributed by atoms with Gasteiger partial charge in [0.25, 0.3) is 5.91 Å². The number of carbonyl (C=O) groups excluding carboxylic acids is 1. The minimum Gasteiger partial charge on any atom is -0.478 e. The van der Waals surface area contributed by atoms with Crippen LogP contribution in [0.1, 0.15) is 26.3 Å². The molecule has 0 heterocycles. The van der Waals surface area contributed by atoms with Gasteiger partial charge in [0, 0.05) is 5.69 Å². The predicted molar refractivity (Wildman–Crippen MR) is 80.2 cm³/mol. The van der Waals surface area contributed by atoms with Crippen LogP contribution < -0.4 is 5.32 Å². The minimum absolute atomic E-state index is 0.0641. The third-order valence-electron chi connectivity index (χ3n) is 2.93. The topological polar surface area (TPSA) is 66.4 Å². The van der Waals surface area contributed by atoms with Crippen LogP contribution in [-0.2, 0) is 0 Å². The first-order valence-corrected chi connectivity index (χ1v) is 6.78. The zero-order valence-electron chi connectivity index (χ0n) is 11.0. The quantitative estimate of drug-likeness (QED) is 0.882. The fourth-order valence-electron chi connectivity index (χ4n) is 1.76. The molecule has 0 saturated carbocycles. The number of carboxylic acids is 1. The number of halogens is 2. The van der Waals surface area contributed by atoms with Crippen LogP contribution >= 0.6 is 15.9 Å². The molecule has 2 aromatic rings. The Labute approximate surface area is 128 Å². The van der Waals surface area contributed by atoms with Gasteiger partial charge in [-0.25, -0.2) is 9.18 Å². The first kappa shape index (κ1) is 15.2. The largest absolute Gasteiger partial charge is 0.478 e. The minimum atomic E-state index is -1.09. The SMILES string of the molecule is Cc1ccc(C(=O)O)cc1NC(=O)c1cccc(F)c1Br. The first-order chi connectivity index (χ1) is 9.90. The van der Waals surface area contributed by atoms with Gasteiger partial charge in [-0.3, -0.25) is 4.79 Å². The molecule has 2 aromatic carbocycles. The van der Waals surface area contributed by atoms with E-state index in [-0.39, 0.29) is 15.6 Å². The van der Waals surface area contributed by atoms with Gasteiger partial charge < -0.3 is 10.4 Å². The predicted octanol–water partition coefficient (Wildman–Crippen LogP) is 3.85. The van der Waals surface area contributed by atoms with Crippen LogP contribution in [0.4, 0.5) is 10.1 Å². The van der Waals surface area contributed by atoms with Crippen LogP contribution in [0.3, 0.4) is 0 Å². The van der Waals surface area contributed by atoms with Crippen molar-refractivity contribution >= 4 is 33.5 Å². The molecule has 21 heavy (non-hydrogen) atoms. The third kappa shape index (κ3) is 3.28. The summed E-state index contributed by atoms with van der Waals surface area (Å²) in [4.78, 5) is 23.1. The number of nitrogens with one attached hydrogen (secondary N) is 1.